The number of halogens is 1. The zero-order valence-electron chi connectivity index (χ0n) is 12.3. The Hall–Kier alpha value is -0.820. The molecule has 7 heteroatoms. The molecule has 5 nitrogen and oxygen atoms in total. The van der Waals surface area contributed by atoms with Crippen molar-refractivity contribution in [3.05, 3.63) is 23.2 Å². The molecular formula is C13H22ClN3O2S. The lowest BCUT2D eigenvalue weighted by Gasteiger charge is -2.29. The van der Waals surface area contributed by atoms with Gasteiger partial charge in [-0.1, -0.05) is 18.5 Å². The predicted octanol–water partition coefficient (Wildman–Crippen LogP) is 1.88. The first-order chi connectivity index (χ1) is 9.20. The molecule has 1 atom stereocenters. The summed E-state index contributed by atoms with van der Waals surface area (Å²) in [5.41, 5.74) is 6.05. The van der Waals surface area contributed by atoms with E-state index in [-0.39, 0.29) is 16.0 Å². The van der Waals surface area contributed by atoms with Crippen LogP contribution >= 0.6 is 11.6 Å². The maximum atomic E-state index is 12.7. The van der Waals surface area contributed by atoms with E-state index in [9.17, 15) is 8.42 Å². The first-order valence-electron chi connectivity index (χ1n) is 6.41. The van der Waals surface area contributed by atoms with Crippen molar-refractivity contribution < 1.29 is 8.42 Å². The topological polar surface area (TPSA) is 66.6 Å². The summed E-state index contributed by atoms with van der Waals surface area (Å²) < 4.78 is 26.9. The highest BCUT2D eigenvalue weighted by Crippen LogP contribution is 2.27. The number of hydrogen-bond donors (Lipinski definition) is 1. The van der Waals surface area contributed by atoms with Gasteiger partial charge in [0.15, 0.2) is 0 Å². The van der Waals surface area contributed by atoms with Crippen LogP contribution in [0.4, 0.5) is 5.69 Å². The van der Waals surface area contributed by atoms with E-state index in [2.05, 4.69) is 0 Å². The molecule has 0 bridgehead atoms. The molecule has 0 radical (unpaired) electrons. The summed E-state index contributed by atoms with van der Waals surface area (Å²) in [5.74, 6) is 0. The maximum Gasteiger partial charge on any atom is 0.244 e. The van der Waals surface area contributed by atoms with Crippen molar-refractivity contribution in [3.8, 4) is 0 Å². The van der Waals surface area contributed by atoms with E-state index < -0.39 is 10.0 Å². The fourth-order valence-electron chi connectivity index (χ4n) is 2.18. The summed E-state index contributed by atoms with van der Waals surface area (Å²) in [6, 6.07) is 4.34. The van der Waals surface area contributed by atoms with E-state index >= 15 is 0 Å². The molecule has 0 aliphatic heterocycles. The van der Waals surface area contributed by atoms with E-state index in [1.165, 1.54) is 16.4 Å². The molecule has 0 saturated carbocycles. The van der Waals surface area contributed by atoms with Gasteiger partial charge < -0.3 is 10.6 Å². The third kappa shape index (κ3) is 3.85. The number of rotatable bonds is 6. The summed E-state index contributed by atoms with van der Waals surface area (Å²) in [7, 11) is 0.160. The van der Waals surface area contributed by atoms with Gasteiger partial charge >= 0.3 is 0 Å². The number of nitrogens with two attached hydrogens (primary N) is 1. The highest BCUT2D eigenvalue weighted by Gasteiger charge is 2.29. The van der Waals surface area contributed by atoms with Crippen LogP contribution in [0.5, 0.6) is 0 Å². The number of sulfonamides is 1. The Kier molecular flexibility index (Phi) is 5.82. The van der Waals surface area contributed by atoms with Crippen molar-refractivity contribution in [2.24, 2.45) is 0 Å². The molecule has 1 aromatic carbocycles. The van der Waals surface area contributed by atoms with Crippen molar-refractivity contribution in [1.29, 1.82) is 0 Å². The molecule has 0 aliphatic rings. The highest BCUT2D eigenvalue weighted by atomic mass is 35.5. The van der Waals surface area contributed by atoms with E-state index in [1.54, 1.807) is 6.07 Å². The lowest BCUT2D eigenvalue weighted by atomic mass is 10.3. The van der Waals surface area contributed by atoms with Crippen molar-refractivity contribution >= 4 is 27.3 Å². The van der Waals surface area contributed by atoms with Gasteiger partial charge in [0.05, 0.1) is 5.02 Å². The molecule has 1 rings (SSSR count). The molecule has 114 valence electrons. The summed E-state index contributed by atoms with van der Waals surface area (Å²) in [6.45, 7) is 4.70. The zero-order chi connectivity index (χ0) is 15.5. The molecule has 0 aromatic heterocycles. The maximum absolute atomic E-state index is 12.7. The molecule has 0 heterocycles. The summed E-state index contributed by atoms with van der Waals surface area (Å²) in [5, 5.41) is 0.190. The summed E-state index contributed by atoms with van der Waals surface area (Å²) in [4.78, 5) is 2.01. The number of nitrogens with zero attached hydrogens (tertiary/aromatic N) is 2. The van der Waals surface area contributed by atoms with Gasteiger partial charge in [0.1, 0.15) is 4.90 Å². The van der Waals surface area contributed by atoms with Crippen molar-refractivity contribution in [3.63, 3.8) is 0 Å². The lowest BCUT2D eigenvalue weighted by Crippen LogP contribution is -2.43. The third-order valence-electron chi connectivity index (χ3n) is 2.97. The fraction of sp³-hybridized carbons (Fsp3) is 0.538. The molecule has 1 aromatic rings. The first kappa shape index (κ1) is 17.2. The molecule has 0 saturated heterocycles. The van der Waals surface area contributed by atoms with Crippen LogP contribution in [0.25, 0.3) is 0 Å². The van der Waals surface area contributed by atoms with Crippen molar-refractivity contribution in [1.82, 2.24) is 9.21 Å². The minimum absolute atomic E-state index is 0.0617. The molecule has 20 heavy (non-hydrogen) atoms. The number of likely N-dealkylation sites (N-methyl/N-ethyl adjacent to an activating group) is 2. The lowest BCUT2D eigenvalue weighted by molar-refractivity contribution is 0.271. The van der Waals surface area contributed by atoms with E-state index in [1.807, 2.05) is 32.8 Å². The predicted molar refractivity (Wildman–Crippen MR) is 83.4 cm³/mol. The van der Waals surface area contributed by atoms with Gasteiger partial charge in [-0.05, 0) is 39.2 Å². The molecular weight excluding hydrogens is 298 g/mol. The average Bonchev–Trinajstić information content (AvgIpc) is 2.31. The van der Waals surface area contributed by atoms with E-state index in [0.29, 0.717) is 18.8 Å². The van der Waals surface area contributed by atoms with Gasteiger partial charge in [-0.25, -0.2) is 8.42 Å². The number of anilines is 1. The van der Waals surface area contributed by atoms with E-state index in [4.69, 9.17) is 17.3 Å². The van der Waals surface area contributed by atoms with Gasteiger partial charge in [-0.3, -0.25) is 0 Å². The fourth-order valence-corrected chi connectivity index (χ4v) is 4.32. The van der Waals surface area contributed by atoms with Crippen LogP contribution in [0.3, 0.4) is 0 Å². The van der Waals surface area contributed by atoms with Crippen LogP contribution in [-0.4, -0.2) is 50.8 Å². The summed E-state index contributed by atoms with van der Waals surface area (Å²) >= 11 is 6.02. The zero-order valence-corrected chi connectivity index (χ0v) is 13.9. The minimum atomic E-state index is -3.65. The highest BCUT2D eigenvalue weighted by molar-refractivity contribution is 7.89. The largest absolute Gasteiger partial charge is 0.399 e. The van der Waals surface area contributed by atoms with Crippen LogP contribution in [-0.2, 0) is 10.0 Å². The molecule has 0 spiro atoms. The van der Waals surface area contributed by atoms with Crippen molar-refractivity contribution in [2.45, 2.75) is 24.8 Å². The van der Waals surface area contributed by atoms with Gasteiger partial charge in [-0.15, -0.1) is 0 Å². The van der Waals surface area contributed by atoms with Gasteiger partial charge in [0.2, 0.25) is 10.0 Å². The van der Waals surface area contributed by atoms with E-state index in [0.717, 1.165) is 0 Å². The second kappa shape index (κ2) is 6.76. The van der Waals surface area contributed by atoms with Crippen LogP contribution in [0.1, 0.15) is 13.8 Å². The van der Waals surface area contributed by atoms with Crippen LogP contribution in [0, 0.1) is 0 Å². The van der Waals surface area contributed by atoms with Crippen molar-refractivity contribution in [2.75, 3.05) is 32.9 Å². The Morgan fingerprint density at radius 2 is 1.95 bits per heavy atom. The smallest absolute Gasteiger partial charge is 0.244 e. The molecule has 2 N–H and O–H groups in total. The molecule has 0 aliphatic carbocycles. The van der Waals surface area contributed by atoms with Crippen LogP contribution in [0.2, 0.25) is 5.02 Å². The average molecular weight is 320 g/mol. The quantitative estimate of drug-likeness (QED) is 0.813. The Morgan fingerprint density at radius 3 is 2.45 bits per heavy atom. The second-order valence-electron chi connectivity index (χ2n) is 5.01. The Labute approximate surface area is 126 Å². The summed E-state index contributed by atoms with van der Waals surface area (Å²) in [6.07, 6.45) is 0. The number of benzene rings is 1. The van der Waals surface area contributed by atoms with Crippen LogP contribution in [0.15, 0.2) is 23.1 Å². The van der Waals surface area contributed by atoms with Gasteiger partial charge in [0, 0.05) is 24.8 Å². The van der Waals surface area contributed by atoms with Crippen LogP contribution < -0.4 is 5.73 Å². The van der Waals surface area contributed by atoms with Gasteiger partial charge in [-0.2, -0.15) is 4.31 Å². The van der Waals surface area contributed by atoms with Gasteiger partial charge in [0.25, 0.3) is 0 Å². The monoisotopic (exact) mass is 319 g/mol. The Morgan fingerprint density at radius 1 is 1.35 bits per heavy atom. The minimum Gasteiger partial charge on any atom is -0.399 e. The molecule has 0 fully saturated rings. The molecule has 1 unspecified atom stereocenters. The first-order valence-corrected chi connectivity index (χ1v) is 8.23. The second-order valence-corrected chi connectivity index (χ2v) is 7.28. The Bertz CT molecular complexity index is 561. The standard InChI is InChI=1S/C13H22ClN3O2S/c1-5-17(10(2)9-16(3)4)20(18,19)13-8-11(15)6-7-12(13)14/h6-8,10H,5,9,15H2,1-4H3. The third-order valence-corrected chi connectivity index (χ3v) is 5.55. The Balaban J connectivity index is 3.21. The normalized spacial score (nSPS) is 13.9. The number of nitrogen functional groups attached to an aromatic ring is 1. The SMILES string of the molecule is CCN(C(C)CN(C)C)S(=O)(=O)c1cc(N)ccc1Cl. The molecule has 0 amide bonds. The number of hydrogen-bond acceptors (Lipinski definition) is 4.